The van der Waals surface area contributed by atoms with Crippen LogP contribution in [0.3, 0.4) is 0 Å². The smallest absolute Gasteiger partial charge is 0.250 e. The van der Waals surface area contributed by atoms with Crippen LogP contribution in [-0.4, -0.2) is 4.57 Å². The maximum absolute atomic E-state index is 11.6. The number of aromatic nitrogens is 1. The molecule has 0 aliphatic carbocycles. The standard InChI is InChI=1S/C14H23NO/c1-3-4-5-6-7-8-10-15-11-9-13(2)12-14(15)16/h9,11-12H,3-8,10H2,1-2H3. The number of hydrogen-bond acceptors (Lipinski definition) is 1. The van der Waals surface area contributed by atoms with E-state index in [0.717, 1.165) is 18.5 Å². The van der Waals surface area contributed by atoms with Crippen molar-refractivity contribution in [2.45, 2.75) is 58.9 Å². The number of rotatable bonds is 7. The van der Waals surface area contributed by atoms with Gasteiger partial charge in [-0.3, -0.25) is 4.79 Å². The third-order valence-electron chi connectivity index (χ3n) is 2.90. The lowest BCUT2D eigenvalue weighted by Gasteiger charge is -2.05. The zero-order chi connectivity index (χ0) is 11.8. The molecule has 1 rings (SSSR count). The van der Waals surface area contributed by atoms with Gasteiger partial charge in [0.2, 0.25) is 0 Å². The average Bonchev–Trinajstić information content (AvgIpc) is 2.26. The van der Waals surface area contributed by atoms with Gasteiger partial charge in [0.1, 0.15) is 0 Å². The molecule has 0 unspecified atom stereocenters. The summed E-state index contributed by atoms with van der Waals surface area (Å²) >= 11 is 0. The van der Waals surface area contributed by atoms with Crippen molar-refractivity contribution in [2.75, 3.05) is 0 Å². The van der Waals surface area contributed by atoms with Gasteiger partial charge in [0, 0.05) is 18.8 Å². The van der Waals surface area contributed by atoms with Gasteiger partial charge >= 0.3 is 0 Å². The van der Waals surface area contributed by atoms with Crippen LogP contribution in [0.2, 0.25) is 0 Å². The van der Waals surface area contributed by atoms with E-state index in [4.69, 9.17) is 0 Å². The topological polar surface area (TPSA) is 22.0 Å². The number of pyridine rings is 1. The highest BCUT2D eigenvalue weighted by Gasteiger charge is 1.96. The fourth-order valence-corrected chi connectivity index (χ4v) is 1.85. The third-order valence-corrected chi connectivity index (χ3v) is 2.90. The van der Waals surface area contributed by atoms with Crippen LogP contribution in [0.4, 0.5) is 0 Å². The van der Waals surface area contributed by atoms with Gasteiger partial charge in [-0.15, -0.1) is 0 Å². The molecule has 2 heteroatoms. The van der Waals surface area contributed by atoms with Crippen LogP contribution < -0.4 is 5.56 Å². The Balaban J connectivity index is 2.24. The summed E-state index contributed by atoms with van der Waals surface area (Å²) in [4.78, 5) is 11.6. The van der Waals surface area contributed by atoms with E-state index in [1.165, 1.54) is 32.1 Å². The number of hydrogen-bond donors (Lipinski definition) is 0. The molecular formula is C14H23NO. The summed E-state index contributed by atoms with van der Waals surface area (Å²) < 4.78 is 1.81. The van der Waals surface area contributed by atoms with Crippen LogP contribution in [0, 0.1) is 6.92 Å². The molecule has 0 saturated carbocycles. The first kappa shape index (κ1) is 13.0. The molecule has 0 atom stereocenters. The molecule has 0 aliphatic heterocycles. The monoisotopic (exact) mass is 221 g/mol. The van der Waals surface area contributed by atoms with Crippen LogP contribution >= 0.6 is 0 Å². The summed E-state index contributed by atoms with van der Waals surface area (Å²) in [5.41, 5.74) is 1.18. The SMILES string of the molecule is CCCCCCCCn1ccc(C)cc1=O. The Morgan fingerprint density at radius 2 is 1.81 bits per heavy atom. The Labute approximate surface area is 98.3 Å². The van der Waals surface area contributed by atoms with E-state index >= 15 is 0 Å². The molecule has 1 aromatic rings. The molecule has 0 fully saturated rings. The van der Waals surface area contributed by atoms with Crippen molar-refractivity contribution in [3.63, 3.8) is 0 Å². The Hall–Kier alpha value is -1.05. The summed E-state index contributed by atoms with van der Waals surface area (Å²) in [6, 6.07) is 3.70. The van der Waals surface area contributed by atoms with Gasteiger partial charge in [-0.05, 0) is 25.0 Å². The average molecular weight is 221 g/mol. The summed E-state index contributed by atoms with van der Waals surface area (Å²) in [6.45, 7) is 5.05. The lowest BCUT2D eigenvalue weighted by atomic mass is 10.1. The molecule has 0 radical (unpaired) electrons. The highest BCUT2D eigenvalue weighted by molar-refractivity contribution is 5.07. The molecule has 0 N–H and O–H groups in total. The highest BCUT2D eigenvalue weighted by atomic mass is 16.1. The lowest BCUT2D eigenvalue weighted by Crippen LogP contribution is -2.18. The molecule has 0 aliphatic rings. The third kappa shape index (κ3) is 4.65. The first-order valence-corrected chi connectivity index (χ1v) is 6.41. The first-order valence-electron chi connectivity index (χ1n) is 6.41. The van der Waals surface area contributed by atoms with E-state index in [9.17, 15) is 4.79 Å². The van der Waals surface area contributed by atoms with Crippen LogP contribution in [0.5, 0.6) is 0 Å². The van der Waals surface area contributed by atoms with Gasteiger partial charge in [-0.25, -0.2) is 0 Å². The largest absolute Gasteiger partial charge is 0.316 e. The summed E-state index contributed by atoms with van der Waals surface area (Å²) in [7, 11) is 0. The summed E-state index contributed by atoms with van der Waals surface area (Å²) in [5.74, 6) is 0. The van der Waals surface area contributed by atoms with Crippen molar-refractivity contribution < 1.29 is 0 Å². The second-order valence-corrected chi connectivity index (χ2v) is 4.50. The zero-order valence-corrected chi connectivity index (χ0v) is 10.5. The van der Waals surface area contributed by atoms with Crippen LogP contribution in [0.1, 0.15) is 51.0 Å². The number of unbranched alkanes of at least 4 members (excludes halogenated alkanes) is 5. The Kier molecular flexibility index (Phi) is 5.91. The van der Waals surface area contributed by atoms with E-state index in [2.05, 4.69) is 6.92 Å². The first-order chi connectivity index (χ1) is 7.74. The molecule has 1 aromatic heterocycles. The minimum absolute atomic E-state index is 0.133. The van der Waals surface area contributed by atoms with Crippen molar-refractivity contribution in [1.82, 2.24) is 4.57 Å². The predicted molar refractivity (Wildman–Crippen MR) is 68.8 cm³/mol. The van der Waals surface area contributed by atoms with Gasteiger partial charge in [0.25, 0.3) is 5.56 Å². The Morgan fingerprint density at radius 1 is 1.12 bits per heavy atom. The fourth-order valence-electron chi connectivity index (χ4n) is 1.85. The molecule has 0 aromatic carbocycles. The van der Waals surface area contributed by atoms with Crippen LogP contribution in [0.25, 0.3) is 0 Å². The molecule has 0 bridgehead atoms. The minimum Gasteiger partial charge on any atom is -0.316 e. The second-order valence-electron chi connectivity index (χ2n) is 4.50. The van der Waals surface area contributed by atoms with Crippen molar-refractivity contribution >= 4 is 0 Å². The van der Waals surface area contributed by atoms with Crippen molar-refractivity contribution in [3.8, 4) is 0 Å². The van der Waals surface area contributed by atoms with Gasteiger partial charge in [-0.2, -0.15) is 0 Å². The maximum atomic E-state index is 11.6. The molecule has 0 saturated heterocycles. The van der Waals surface area contributed by atoms with Crippen molar-refractivity contribution in [2.24, 2.45) is 0 Å². The van der Waals surface area contributed by atoms with E-state index < -0.39 is 0 Å². The van der Waals surface area contributed by atoms with E-state index in [1.807, 2.05) is 23.8 Å². The van der Waals surface area contributed by atoms with Crippen molar-refractivity contribution in [1.29, 1.82) is 0 Å². The summed E-state index contributed by atoms with van der Waals surface area (Å²) in [5, 5.41) is 0. The van der Waals surface area contributed by atoms with Crippen LogP contribution in [0.15, 0.2) is 23.1 Å². The normalized spacial score (nSPS) is 10.6. The number of nitrogens with zero attached hydrogens (tertiary/aromatic N) is 1. The van der Waals surface area contributed by atoms with Gasteiger partial charge < -0.3 is 4.57 Å². The van der Waals surface area contributed by atoms with Crippen molar-refractivity contribution in [3.05, 3.63) is 34.2 Å². The fraction of sp³-hybridized carbons (Fsp3) is 0.643. The molecular weight excluding hydrogens is 198 g/mol. The quantitative estimate of drug-likeness (QED) is 0.646. The molecule has 1 heterocycles. The van der Waals surface area contributed by atoms with Gasteiger partial charge in [0.15, 0.2) is 0 Å². The molecule has 2 nitrogen and oxygen atoms in total. The van der Waals surface area contributed by atoms with E-state index in [0.29, 0.717) is 0 Å². The van der Waals surface area contributed by atoms with E-state index in [-0.39, 0.29) is 5.56 Å². The Morgan fingerprint density at radius 3 is 2.50 bits per heavy atom. The maximum Gasteiger partial charge on any atom is 0.250 e. The van der Waals surface area contributed by atoms with Gasteiger partial charge in [-0.1, -0.05) is 39.0 Å². The Bertz CT molecular complexity index is 354. The summed E-state index contributed by atoms with van der Waals surface area (Å²) in [6.07, 6.45) is 9.52. The predicted octanol–water partition coefficient (Wildman–Crippen LogP) is 3.52. The minimum atomic E-state index is 0.133. The molecule has 0 amide bonds. The second kappa shape index (κ2) is 7.26. The van der Waals surface area contributed by atoms with Crippen LogP contribution in [-0.2, 0) is 6.54 Å². The molecule has 90 valence electrons. The van der Waals surface area contributed by atoms with Gasteiger partial charge in [0.05, 0.1) is 0 Å². The van der Waals surface area contributed by atoms with E-state index in [1.54, 1.807) is 6.07 Å². The lowest BCUT2D eigenvalue weighted by molar-refractivity contribution is 0.549. The highest BCUT2D eigenvalue weighted by Crippen LogP contribution is 2.05. The number of aryl methyl sites for hydroxylation is 2. The molecule has 16 heavy (non-hydrogen) atoms. The zero-order valence-electron chi connectivity index (χ0n) is 10.5. The molecule has 0 spiro atoms.